The molecule has 0 saturated heterocycles. The van der Waals surface area contributed by atoms with Gasteiger partial charge in [-0.25, -0.2) is 0 Å². The summed E-state index contributed by atoms with van der Waals surface area (Å²) in [5.41, 5.74) is 2.72. The number of benzene rings is 1. The Bertz CT molecular complexity index is 350. The molecule has 3 nitrogen and oxygen atoms in total. The Morgan fingerprint density at radius 2 is 2.06 bits per heavy atom. The Labute approximate surface area is 103 Å². The third-order valence-electron chi connectivity index (χ3n) is 2.79. The first-order chi connectivity index (χ1) is 8.24. The molecule has 0 radical (unpaired) electrons. The zero-order chi connectivity index (χ0) is 12.5. The fraction of sp³-hybridized carbons (Fsp3) is 0.500. The number of carbonyl (C=O) groups is 1. The number of hydrogen-bond acceptors (Lipinski definition) is 3. The van der Waals surface area contributed by atoms with E-state index in [1.54, 1.807) is 0 Å². The molecule has 0 heterocycles. The molecule has 1 aromatic rings. The highest BCUT2D eigenvalue weighted by atomic mass is 16.5. The van der Waals surface area contributed by atoms with Crippen molar-refractivity contribution in [1.82, 2.24) is 5.32 Å². The van der Waals surface area contributed by atoms with Crippen molar-refractivity contribution in [2.24, 2.45) is 0 Å². The molecule has 0 amide bonds. The number of nitrogens with one attached hydrogen (secondary N) is 1. The van der Waals surface area contributed by atoms with Crippen LogP contribution in [0.3, 0.4) is 0 Å². The van der Waals surface area contributed by atoms with Crippen molar-refractivity contribution in [3.05, 3.63) is 35.4 Å². The van der Waals surface area contributed by atoms with E-state index in [1.807, 2.05) is 0 Å². The maximum atomic E-state index is 10.9. The van der Waals surface area contributed by atoms with Crippen LogP contribution in [0.2, 0.25) is 0 Å². The molecule has 1 rings (SSSR count). The first-order valence-corrected chi connectivity index (χ1v) is 6.06. The summed E-state index contributed by atoms with van der Waals surface area (Å²) >= 11 is 0. The standard InChI is InChI=1S/C14H21NO2/c1-12-6-3-4-7-13(12)9-11-15-10-5-8-14(16)17-2/h3-4,6-7,15H,5,8-11H2,1-2H3. The van der Waals surface area contributed by atoms with Crippen molar-refractivity contribution < 1.29 is 9.53 Å². The van der Waals surface area contributed by atoms with Gasteiger partial charge in [-0.1, -0.05) is 24.3 Å². The van der Waals surface area contributed by atoms with Crippen LogP contribution in [0.1, 0.15) is 24.0 Å². The van der Waals surface area contributed by atoms with E-state index in [-0.39, 0.29) is 5.97 Å². The topological polar surface area (TPSA) is 38.3 Å². The Kier molecular flexibility index (Phi) is 6.33. The second-order valence-electron chi connectivity index (χ2n) is 4.11. The molecule has 0 unspecified atom stereocenters. The number of aryl methyl sites for hydroxylation is 1. The monoisotopic (exact) mass is 235 g/mol. The van der Waals surface area contributed by atoms with Gasteiger partial charge in [0.2, 0.25) is 0 Å². The normalized spacial score (nSPS) is 10.2. The quantitative estimate of drug-likeness (QED) is 0.581. The van der Waals surface area contributed by atoms with Crippen molar-refractivity contribution in [3.8, 4) is 0 Å². The van der Waals surface area contributed by atoms with Crippen molar-refractivity contribution in [3.63, 3.8) is 0 Å². The second kappa shape index (κ2) is 7.85. The predicted octanol–water partition coefficient (Wildman–Crippen LogP) is 2.08. The molecule has 3 heteroatoms. The van der Waals surface area contributed by atoms with Crippen molar-refractivity contribution >= 4 is 5.97 Å². The van der Waals surface area contributed by atoms with E-state index in [4.69, 9.17) is 0 Å². The molecule has 0 atom stereocenters. The van der Waals surface area contributed by atoms with Gasteiger partial charge in [0.1, 0.15) is 0 Å². The van der Waals surface area contributed by atoms with Gasteiger partial charge in [-0.05, 0) is 44.0 Å². The number of carbonyl (C=O) groups excluding carboxylic acids is 1. The van der Waals surface area contributed by atoms with Crippen LogP contribution in [0, 0.1) is 6.92 Å². The molecular weight excluding hydrogens is 214 g/mol. The fourth-order valence-electron chi connectivity index (χ4n) is 1.70. The largest absolute Gasteiger partial charge is 0.469 e. The summed E-state index contributed by atoms with van der Waals surface area (Å²) in [5, 5.41) is 3.33. The highest BCUT2D eigenvalue weighted by Gasteiger charge is 1.99. The number of hydrogen-bond donors (Lipinski definition) is 1. The summed E-state index contributed by atoms with van der Waals surface area (Å²) in [7, 11) is 1.42. The van der Waals surface area contributed by atoms with Gasteiger partial charge >= 0.3 is 5.97 Å². The van der Waals surface area contributed by atoms with Gasteiger partial charge in [0.15, 0.2) is 0 Å². The molecule has 0 aromatic heterocycles. The molecule has 1 aromatic carbocycles. The van der Waals surface area contributed by atoms with E-state index in [0.717, 1.165) is 25.9 Å². The van der Waals surface area contributed by atoms with Gasteiger partial charge in [-0.15, -0.1) is 0 Å². The molecule has 0 fully saturated rings. The molecule has 0 spiro atoms. The lowest BCUT2D eigenvalue weighted by molar-refractivity contribution is -0.140. The average Bonchev–Trinajstić information content (AvgIpc) is 2.35. The number of ether oxygens (including phenoxy) is 1. The Morgan fingerprint density at radius 3 is 2.76 bits per heavy atom. The minimum absolute atomic E-state index is 0.134. The first kappa shape index (κ1) is 13.7. The molecule has 1 N–H and O–H groups in total. The SMILES string of the molecule is COC(=O)CCCNCCc1ccccc1C. The van der Waals surface area contributed by atoms with Crippen LogP contribution < -0.4 is 5.32 Å². The minimum Gasteiger partial charge on any atom is -0.469 e. The van der Waals surface area contributed by atoms with Gasteiger partial charge in [0, 0.05) is 6.42 Å². The summed E-state index contributed by atoms with van der Waals surface area (Å²) in [6, 6.07) is 8.42. The lowest BCUT2D eigenvalue weighted by Gasteiger charge is -2.06. The Balaban J connectivity index is 2.09. The van der Waals surface area contributed by atoms with Gasteiger partial charge in [-0.2, -0.15) is 0 Å². The van der Waals surface area contributed by atoms with Crippen LogP contribution >= 0.6 is 0 Å². The molecular formula is C14H21NO2. The third kappa shape index (κ3) is 5.50. The molecule has 17 heavy (non-hydrogen) atoms. The van der Waals surface area contributed by atoms with Crippen LogP contribution in [0.15, 0.2) is 24.3 Å². The molecule has 0 aliphatic carbocycles. The Morgan fingerprint density at radius 1 is 1.29 bits per heavy atom. The molecule has 0 saturated carbocycles. The van der Waals surface area contributed by atoms with Gasteiger partial charge in [0.05, 0.1) is 7.11 Å². The highest BCUT2D eigenvalue weighted by molar-refractivity contribution is 5.69. The maximum Gasteiger partial charge on any atom is 0.305 e. The van der Waals surface area contributed by atoms with E-state index in [1.165, 1.54) is 18.2 Å². The van der Waals surface area contributed by atoms with E-state index in [9.17, 15) is 4.79 Å². The zero-order valence-corrected chi connectivity index (χ0v) is 10.7. The van der Waals surface area contributed by atoms with Gasteiger partial charge in [0.25, 0.3) is 0 Å². The number of methoxy groups -OCH3 is 1. The third-order valence-corrected chi connectivity index (χ3v) is 2.79. The van der Waals surface area contributed by atoms with E-state index in [2.05, 4.69) is 41.2 Å². The highest BCUT2D eigenvalue weighted by Crippen LogP contribution is 2.06. The van der Waals surface area contributed by atoms with Crippen LogP contribution in [-0.4, -0.2) is 26.2 Å². The number of rotatable bonds is 7. The summed E-state index contributed by atoms with van der Waals surface area (Å²) in [6.45, 7) is 3.94. The van der Waals surface area contributed by atoms with Crippen LogP contribution in [-0.2, 0) is 16.0 Å². The van der Waals surface area contributed by atoms with Crippen LogP contribution in [0.5, 0.6) is 0 Å². The van der Waals surface area contributed by atoms with Gasteiger partial charge < -0.3 is 10.1 Å². The summed E-state index contributed by atoms with van der Waals surface area (Å²) in [5.74, 6) is -0.134. The Hall–Kier alpha value is -1.35. The first-order valence-electron chi connectivity index (χ1n) is 6.06. The number of esters is 1. The smallest absolute Gasteiger partial charge is 0.305 e. The summed E-state index contributed by atoms with van der Waals surface area (Å²) in [6.07, 6.45) is 2.36. The molecule has 94 valence electrons. The van der Waals surface area contributed by atoms with Crippen molar-refractivity contribution in [1.29, 1.82) is 0 Å². The molecule has 0 aliphatic heterocycles. The maximum absolute atomic E-state index is 10.9. The van der Waals surface area contributed by atoms with Crippen molar-refractivity contribution in [2.75, 3.05) is 20.2 Å². The average molecular weight is 235 g/mol. The fourth-order valence-corrected chi connectivity index (χ4v) is 1.70. The van der Waals surface area contributed by atoms with E-state index < -0.39 is 0 Å². The lowest BCUT2D eigenvalue weighted by atomic mass is 10.1. The molecule has 0 aliphatic rings. The van der Waals surface area contributed by atoms with E-state index >= 15 is 0 Å². The van der Waals surface area contributed by atoms with Crippen LogP contribution in [0.25, 0.3) is 0 Å². The lowest BCUT2D eigenvalue weighted by Crippen LogP contribution is -2.19. The minimum atomic E-state index is -0.134. The summed E-state index contributed by atoms with van der Waals surface area (Å²) < 4.78 is 4.58. The second-order valence-corrected chi connectivity index (χ2v) is 4.11. The van der Waals surface area contributed by atoms with Crippen molar-refractivity contribution in [2.45, 2.75) is 26.2 Å². The van der Waals surface area contributed by atoms with Crippen LogP contribution in [0.4, 0.5) is 0 Å². The predicted molar refractivity (Wildman–Crippen MR) is 69.0 cm³/mol. The molecule has 0 bridgehead atoms. The zero-order valence-electron chi connectivity index (χ0n) is 10.7. The summed E-state index contributed by atoms with van der Waals surface area (Å²) in [4.78, 5) is 10.9. The van der Waals surface area contributed by atoms with E-state index in [0.29, 0.717) is 6.42 Å². The van der Waals surface area contributed by atoms with Gasteiger partial charge in [-0.3, -0.25) is 4.79 Å².